The minimum Gasteiger partial charge on any atom is -0.369 e. The molecule has 1 unspecified atom stereocenters. The first-order valence-corrected chi connectivity index (χ1v) is 14.2. The van der Waals surface area contributed by atoms with Crippen molar-refractivity contribution in [3.8, 4) is 0 Å². The lowest BCUT2D eigenvalue weighted by atomic mass is 9.99. The SMILES string of the molecule is CCCCC(CC)CN1C(=O)/C(=C\c2c(NCCc3ccccc3)nc3ccc(C)cn3c2=O)SC1=S. The number of nitrogens with zero attached hydrogens (tertiary/aromatic N) is 3. The van der Waals surface area contributed by atoms with Crippen LogP contribution in [-0.4, -0.2) is 37.6 Å². The van der Waals surface area contributed by atoms with Crippen LogP contribution in [0.3, 0.4) is 0 Å². The van der Waals surface area contributed by atoms with E-state index in [1.165, 1.54) is 17.3 Å². The van der Waals surface area contributed by atoms with Crippen LogP contribution >= 0.6 is 24.0 Å². The molecule has 37 heavy (non-hydrogen) atoms. The molecule has 1 atom stereocenters. The Hall–Kier alpha value is -2.97. The van der Waals surface area contributed by atoms with Gasteiger partial charge in [0.25, 0.3) is 11.5 Å². The Kier molecular flexibility index (Phi) is 9.16. The lowest BCUT2D eigenvalue weighted by Crippen LogP contribution is -2.33. The molecule has 1 aliphatic rings. The molecule has 1 fully saturated rings. The Bertz CT molecular complexity index is 1370. The number of anilines is 1. The number of rotatable bonds is 11. The highest BCUT2D eigenvalue weighted by Crippen LogP contribution is 2.34. The summed E-state index contributed by atoms with van der Waals surface area (Å²) in [5, 5.41) is 3.35. The van der Waals surface area contributed by atoms with E-state index in [2.05, 4.69) is 31.3 Å². The van der Waals surface area contributed by atoms with E-state index in [0.717, 1.165) is 37.7 Å². The number of hydrogen-bond acceptors (Lipinski definition) is 6. The normalized spacial score (nSPS) is 15.6. The molecule has 1 amide bonds. The van der Waals surface area contributed by atoms with Crippen LogP contribution in [0.2, 0.25) is 0 Å². The lowest BCUT2D eigenvalue weighted by Gasteiger charge is -2.21. The molecule has 1 N–H and O–H groups in total. The maximum Gasteiger partial charge on any atom is 0.267 e. The van der Waals surface area contributed by atoms with Gasteiger partial charge in [0.1, 0.15) is 15.8 Å². The zero-order valence-corrected chi connectivity index (χ0v) is 23.3. The first-order valence-electron chi connectivity index (χ1n) is 13.0. The number of amides is 1. The molecule has 0 radical (unpaired) electrons. The van der Waals surface area contributed by atoms with E-state index < -0.39 is 0 Å². The van der Waals surface area contributed by atoms with Gasteiger partial charge in [-0.15, -0.1) is 0 Å². The third kappa shape index (κ3) is 6.48. The summed E-state index contributed by atoms with van der Waals surface area (Å²) < 4.78 is 2.09. The number of thioether (sulfide) groups is 1. The maximum absolute atomic E-state index is 13.6. The summed E-state index contributed by atoms with van der Waals surface area (Å²) >= 11 is 6.85. The molecule has 0 bridgehead atoms. The molecule has 194 valence electrons. The number of benzene rings is 1. The van der Waals surface area contributed by atoms with Crippen molar-refractivity contribution in [1.29, 1.82) is 0 Å². The number of carbonyl (C=O) groups excluding carboxylic acids is 1. The Morgan fingerprint density at radius 2 is 1.92 bits per heavy atom. The molecule has 4 rings (SSSR count). The second-order valence-electron chi connectivity index (χ2n) is 9.49. The summed E-state index contributed by atoms with van der Waals surface area (Å²) in [6.45, 7) is 7.50. The molecule has 1 aromatic carbocycles. The van der Waals surface area contributed by atoms with E-state index >= 15 is 0 Å². The molecule has 0 spiro atoms. The molecule has 0 saturated carbocycles. The molecule has 1 saturated heterocycles. The number of hydrogen-bond donors (Lipinski definition) is 1. The Morgan fingerprint density at radius 1 is 1.14 bits per heavy atom. The van der Waals surface area contributed by atoms with Crippen LogP contribution < -0.4 is 10.9 Å². The summed E-state index contributed by atoms with van der Waals surface area (Å²) in [5.41, 5.74) is 2.87. The van der Waals surface area contributed by atoms with E-state index in [1.807, 2.05) is 37.3 Å². The van der Waals surface area contributed by atoms with Crippen LogP contribution in [0.1, 0.15) is 56.2 Å². The van der Waals surface area contributed by atoms with Crippen molar-refractivity contribution in [3.63, 3.8) is 0 Å². The average Bonchev–Trinajstić information content (AvgIpc) is 3.16. The number of pyridine rings is 1. The average molecular weight is 535 g/mol. The van der Waals surface area contributed by atoms with Gasteiger partial charge < -0.3 is 5.32 Å². The van der Waals surface area contributed by atoms with Gasteiger partial charge in [-0.25, -0.2) is 4.98 Å². The van der Waals surface area contributed by atoms with Gasteiger partial charge in [0.2, 0.25) is 0 Å². The van der Waals surface area contributed by atoms with Gasteiger partial charge in [0, 0.05) is 19.3 Å². The predicted octanol–water partition coefficient (Wildman–Crippen LogP) is 6.08. The van der Waals surface area contributed by atoms with Crippen molar-refractivity contribution in [2.45, 2.75) is 52.9 Å². The summed E-state index contributed by atoms with van der Waals surface area (Å²) in [5.74, 6) is 0.756. The van der Waals surface area contributed by atoms with Gasteiger partial charge in [-0.2, -0.15) is 0 Å². The van der Waals surface area contributed by atoms with Crippen molar-refractivity contribution in [3.05, 3.63) is 80.6 Å². The number of thiocarbonyl (C=S) groups is 1. The summed E-state index contributed by atoms with van der Waals surface area (Å²) in [7, 11) is 0. The predicted molar refractivity (Wildman–Crippen MR) is 158 cm³/mol. The van der Waals surface area contributed by atoms with Gasteiger partial charge in [-0.3, -0.25) is 18.9 Å². The van der Waals surface area contributed by atoms with Crippen LogP contribution in [0, 0.1) is 12.8 Å². The first-order chi connectivity index (χ1) is 17.9. The molecule has 1 aliphatic heterocycles. The van der Waals surface area contributed by atoms with Crippen LogP contribution in [0.15, 0.2) is 58.4 Å². The number of carbonyl (C=O) groups is 1. The standard InChI is InChI=1S/C29H34N4O2S2/c1-4-6-10-21(5-2)19-33-28(35)24(37-29(33)36)17-23-26(30-16-15-22-11-8-7-9-12-22)31-25-14-13-20(3)18-32(25)27(23)34/h7-9,11-14,17-18,21,30H,4-6,10,15-16,19H2,1-3H3/b24-17+. The van der Waals surface area contributed by atoms with Gasteiger partial charge in [-0.1, -0.05) is 93.5 Å². The largest absolute Gasteiger partial charge is 0.369 e. The molecule has 8 heteroatoms. The second kappa shape index (κ2) is 12.5. The third-order valence-electron chi connectivity index (χ3n) is 6.69. The van der Waals surface area contributed by atoms with E-state index in [1.54, 1.807) is 21.6 Å². The molecule has 3 aromatic rings. The van der Waals surface area contributed by atoms with Crippen molar-refractivity contribution >= 4 is 51.7 Å². The number of fused-ring (bicyclic) bond motifs is 1. The van der Waals surface area contributed by atoms with E-state index in [9.17, 15) is 9.59 Å². The monoisotopic (exact) mass is 534 g/mol. The number of unbranched alkanes of at least 4 members (excludes halogenated alkanes) is 1. The fourth-order valence-electron chi connectivity index (χ4n) is 4.46. The lowest BCUT2D eigenvalue weighted by molar-refractivity contribution is -0.122. The summed E-state index contributed by atoms with van der Waals surface area (Å²) in [4.78, 5) is 33.9. The second-order valence-corrected chi connectivity index (χ2v) is 11.2. The fraction of sp³-hybridized carbons (Fsp3) is 0.379. The molecular weight excluding hydrogens is 500 g/mol. The Morgan fingerprint density at radius 3 is 2.65 bits per heavy atom. The fourth-order valence-corrected chi connectivity index (χ4v) is 5.71. The van der Waals surface area contributed by atoms with Crippen molar-refractivity contribution < 1.29 is 4.79 Å². The maximum atomic E-state index is 13.6. The minimum absolute atomic E-state index is 0.131. The van der Waals surface area contributed by atoms with Crippen LogP contribution in [0.5, 0.6) is 0 Å². The van der Waals surface area contributed by atoms with E-state index in [-0.39, 0.29) is 11.5 Å². The minimum atomic E-state index is -0.212. The smallest absolute Gasteiger partial charge is 0.267 e. The third-order valence-corrected chi connectivity index (χ3v) is 8.07. The van der Waals surface area contributed by atoms with E-state index in [4.69, 9.17) is 17.2 Å². The zero-order valence-electron chi connectivity index (χ0n) is 21.7. The van der Waals surface area contributed by atoms with Crippen molar-refractivity contribution in [2.75, 3.05) is 18.4 Å². The van der Waals surface area contributed by atoms with Gasteiger partial charge in [-0.05, 0) is 49.0 Å². The number of aryl methyl sites for hydroxylation is 1. The van der Waals surface area contributed by atoms with Crippen LogP contribution in [0.25, 0.3) is 11.7 Å². The van der Waals surface area contributed by atoms with Gasteiger partial charge >= 0.3 is 0 Å². The number of aromatic nitrogens is 2. The molecule has 0 aliphatic carbocycles. The molecule has 2 aromatic heterocycles. The van der Waals surface area contributed by atoms with E-state index in [0.29, 0.717) is 45.3 Å². The molecular formula is C29H34N4O2S2. The highest BCUT2D eigenvalue weighted by molar-refractivity contribution is 8.26. The van der Waals surface area contributed by atoms with Crippen LogP contribution in [-0.2, 0) is 11.2 Å². The number of nitrogens with one attached hydrogen (secondary N) is 1. The summed E-state index contributed by atoms with van der Waals surface area (Å²) in [6.07, 6.45) is 8.58. The topological polar surface area (TPSA) is 66.7 Å². The van der Waals surface area contributed by atoms with Crippen molar-refractivity contribution in [2.24, 2.45) is 5.92 Å². The quantitative estimate of drug-likeness (QED) is 0.238. The molecule has 3 heterocycles. The van der Waals surface area contributed by atoms with Gasteiger partial charge in [0.15, 0.2) is 0 Å². The highest BCUT2D eigenvalue weighted by Gasteiger charge is 2.33. The zero-order chi connectivity index (χ0) is 26.4. The summed E-state index contributed by atoms with van der Waals surface area (Å²) in [6, 6.07) is 13.9. The first kappa shape index (κ1) is 27.1. The van der Waals surface area contributed by atoms with Crippen LogP contribution in [0.4, 0.5) is 5.82 Å². The Balaban J connectivity index is 1.65. The van der Waals surface area contributed by atoms with Gasteiger partial charge in [0.05, 0.1) is 10.5 Å². The Labute approximate surface area is 228 Å². The van der Waals surface area contributed by atoms with Crippen molar-refractivity contribution in [1.82, 2.24) is 14.3 Å². The highest BCUT2D eigenvalue weighted by atomic mass is 32.2. The molecule has 6 nitrogen and oxygen atoms in total.